The van der Waals surface area contributed by atoms with Crippen LogP contribution < -0.4 is 11.2 Å². The number of para-hydroxylation sites is 1. The second-order valence-corrected chi connectivity index (χ2v) is 6.86. The van der Waals surface area contributed by atoms with Gasteiger partial charge in [-0.15, -0.1) is 0 Å². The number of nitrogens with zero attached hydrogens (tertiary/aromatic N) is 4. The van der Waals surface area contributed by atoms with E-state index < -0.39 is 5.92 Å². The van der Waals surface area contributed by atoms with Gasteiger partial charge in [-0.25, -0.2) is 10.0 Å². The third-order valence-corrected chi connectivity index (χ3v) is 5.26. The van der Waals surface area contributed by atoms with Gasteiger partial charge in [0.25, 0.3) is 0 Å². The monoisotopic (exact) mass is 370 g/mol. The molecule has 2 aromatic carbocycles. The van der Waals surface area contributed by atoms with Crippen LogP contribution in [0.15, 0.2) is 87.7 Å². The van der Waals surface area contributed by atoms with Crippen molar-refractivity contribution in [3.63, 3.8) is 0 Å². The minimum absolute atomic E-state index is 0.283. The summed E-state index contributed by atoms with van der Waals surface area (Å²) < 4.78 is 0. The van der Waals surface area contributed by atoms with Gasteiger partial charge in [0.15, 0.2) is 5.17 Å². The van der Waals surface area contributed by atoms with Crippen molar-refractivity contribution in [2.75, 3.05) is 0 Å². The van der Waals surface area contributed by atoms with Crippen LogP contribution in [0.3, 0.4) is 0 Å². The molecule has 2 heterocycles. The SMILES string of the molecule is N#CC1=C(N)N2NC(=Nc3ccccc3)SC2=C(C#N)C1c1ccccc1. The molecule has 0 amide bonds. The van der Waals surface area contributed by atoms with Crippen molar-refractivity contribution in [3.05, 3.63) is 88.2 Å². The summed E-state index contributed by atoms with van der Waals surface area (Å²) in [5.41, 5.74) is 11.8. The van der Waals surface area contributed by atoms with Crippen LogP contribution in [-0.2, 0) is 0 Å². The number of thioether (sulfide) groups is 1. The van der Waals surface area contributed by atoms with Crippen molar-refractivity contribution in [1.82, 2.24) is 10.4 Å². The average Bonchev–Trinajstić information content (AvgIpc) is 3.13. The predicted molar refractivity (Wildman–Crippen MR) is 105 cm³/mol. The number of aliphatic imine (C=N–C) groups is 1. The topological polar surface area (TPSA) is 101 Å². The van der Waals surface area contributed by atoms with Crippen LogP contribution in [0.1, 0.15) is 11.5 Å². The van der Waals surface area contributed by atoms with Crippen molar-refractivity contribution < 1.29 is 0 Å². The smallest absolute Gasteiger partial charge is 0.187 e. The summed E-state index contributed by atoms with van der Waals surface area (Å²) in [7, 11) is 0. The number of allylic oxidation sites excluding steroid dienone is 2. The molecule has 0 aromatic heterocycles. The Hall–Kier alpha value is -3.68. The third-order valence-electron chi connectivity index (χ3n) is 4.29. The fourth-order valence-corrected chi connectivity index (χ4v) is 4.05. The zero-order valence-electron chi connectivity index (χ0n) is 14.1. The largest absolute Gasteiger partial charge is 0.383 e. The van der Waals surface area contributed by atoms with Crippen LogP contribution in [0.2, 0.25) is 0 Å². The lowest BCUT2D eigenvalue weighted by atomic mass is 9.84. The highest BCUT2D eigenvalue weighted by Crippen LogP contribution is 2.45. The Balaban J connectivity index is 1.82. The lowest BCUT2D eigenvalue weighted by molar-refractivity contribution is 0.396. The molecule has 1 unspecified atom stereocenters. The lowest BCUT2D eigenvalue weighted by Gasteiger charge is -2.30. The normalized spacial score (nSPS) is 20.1. The van der Waals surface area contributed by atoms with Crippen molar-refractivity contribution in [1.29, 1.82) is 10.5 Å². The van der Waals surface area contributed by atoms with E-state index in [0.717, 1.165) is 11.3 Å². The van der Waals surface area contributed by atoms with Gasteiger partial charge in [-0.1, -0.05) is 48.5 Å². The number of nitrogens with two attached hydrogens (primary N) is 1. The maximum atomic E-state index is 9.86. The Bertz CT molecular complexity index is 1060. The molecule has 4 rings (SSSR count). The summed E-state index contributed by atoms with van der Waals surface area (Å²) in [5.74, 6) is -0.205. The minimum Gasteiger partial charge on any atom is -0.383 e. The molecule has 1 saturated heterocycles. The molecule has 130 valence electrons. The van der Waals surface area contributed by atoms with Crippen LogP contribution in [-0.4, -0.2) is 10.2 Å². The zero-order chi connectivity index (χ0) is 18.8. The van der Waals surface area contributed by atoms with Gasteiger partial charge in [0.2, 0.25) is 0 Å². The molecule has 0 aliphatic carbocycles. The van der Waals surface area contributed by atoms with E-state index in [4.69, 9.17) is 5.73 Å². The molecule has 6 nitrogen and oxygen atoms in total. The van der Waals surface area contributed by atoms with Gasteiger partial charge in [-0.05, 0) is 29.5 Å². The summed E-state index contributed by atoms with van der Waals surface area (Å²) in [4.78, 5) is 4.56. The molecular weight excluding hydrogens is 356 g/mol. The van der Waals surface area contributed by atoms with Crippen molar-refractivity contribution in [3.8, 4) is 12.1 Å². The van der Waals surface area contributed by atoms with E-state index in [1.807, 2.05) is 60.7 Å². The van der Waals surface area contributed by atoms with Crippen molar-refractivity contribution >= 4 is 22.6 Å². The molecular formula is C20H14N6S. The molecule has 7 heteroatoms. The summed E-state index contributed by atoms with van der Waals surface area (Å²) in [6, 6.07) is 23.4. The Kier molecular flexibility index (Phi) is 4.29. The summed E-state index contributed by atoms with van der Waals surface area (Å²) in [6.07, 6.45) is 0. The predicted octanol–water partition coefficient (Wildman–Crippen LogP) is 3.45. The van der Waals surface area contributed by atoms with E-state index in [1.54, 1.807) is 5.01 Å². The number of amidine groups is 1. The number of nitriles is 2. The standard InChI is InChI=1S/C20H14N6S/c21-11-15-17(13-7-3-1-4-8-13)16(12-22)19-26(18(15)23)25-20(27-19)24-14-9-5-2-6-10-14/h1-10,17H,23H2,(H,24,25). The number of hydrogen-bond acceptors (Lipinski definition) is 6. The van der Waals surface area contributed by atoms with Crippen LogP contribution in [0.4, 0.5) is 5.69 Å². The maximum absolute atomic E-state index is 9.86. The number of hydrogen-bond donors (Lipinski definition) is 2. The molecule has 1 fully saturated rings. The van der Waals surface area contributed by atoms with Crippen LogP contribution >= 0.6 is 11.8 Å². The minimum atomic E-state index is -0.488. The van der Waals surface area contributed by atoms with Gasteiger partial charge in [-0.3, -0.25) is 5.43 Å². The van der Waals surface area contributed by atoms with Crippen LogP contribution in [0.25, 0.3) is 0 Å². The Morgan fingerprint density at radius 2 is 1.59 bits per heavy atom. The van der Waals surface area contributed by atoms with Gasteiger partial charge in [0, 0.05) is 0 Å². The summed E-state index contributed by atoms with van der Waals surface area (Å²) in [6.45, 7) is 0. The van der Waals surface area contributed by atoms with E-state index in [9.17, 15) is 10.5 Å². The molecule has 0 radical (unpaired) electrons. The van der Waals surface area contributed by atoms with Gasteiger partial charge in [0.1, 0.15) is 10.9 Å². The van der Waals surface area contributed by atoms with Crippen molar-refractivity contribution in [2.45, 2.75) is 5.92 Å². The molecule has 3 N–H and O–H groups in total. The van der Waals surface area contributed by atoms with E-state index in [0.29, 0.717) is 21.3 Å². The second kappa shape index (κ2) is 6.91. The van der Waals surface area contributed by atoms with E-state index in [-0.39, 0.29) is 5.82 Å². The quantitative estimate of drug-likeness (QED) is 0.839. The Labute approximate surface area is 160 Å². The van der Waals surface area contributed by atoms with Crippen LogP contribution in [0, 0.1) is 22.7 Å². The number of fused-ring (bicyclic) bond motifs is 1. The lowest BCUT2D eigenvalue weighted by Crippen LogP contribution is -2.39. The number of rotatable bonds is 2. The average molecular weight is 370 g/mol. The molecule has 2 aliphatic heterocycles. The first-order valence-electron chi connectivity index (χ1n) is 8.20. The fraction of sp³-hybridized carbons (Fsp3) is 0.0500. The van der Waals surface area contributed by atoms with E-state index >= 15 is 0 Å². The van der Waals surface area contributed by atoms with Gasteiger partial charge in [-0.2, -0.15) is 10.5 Å². The fourth-order valence-electron chi connectivity index (χ4n) is 3.07. The molecule has 2 aromatic rings. The molecule has 1 atom stereocenters. The van der Waals surface area contributed by atoms with E-state index in [2.05, 4.69) is 22.6 Å². The molecule has 0 spiro atoms. The zero-order valence-corrected chi connectivity index (χ0v) is 14.9. The molecule has 2 aliphatic rings. The summed E-state index contributed by atoms with van der Waals surface area (Å²) >= 11 is 1.34. The van der Waals surface area contributed by atoms with E-state index in [1.165, 1.54) is 11.8 Å². The molecule has 27 heavy (non-hydrogen) atoms. The van der Waals surface area contributed by atoms with Gasteiger partial charge < -0.3 is 5.73 Å². The second-order valence-electron chi connectivity index (χ2n) is 5.89. The van der Waals surface area contributed by atoms with Crippen LogP contribution in [0.5, 0.6) is 0 Å². The molecule has 0 saturated carbocycles. The Morgan fingerprint density at radius 3 is 2.22 bits per heavy atom. The highest BCUT2D eigenvalue weighted by molar-refractivity contribution is 8.17. The summed E-state index contributed by atoms with van der Waals surface area (Å²) in [5, 5.41) is 22.4. The number of nitrogens with one attached hydrogen (secondary N) is 1. The van der Waals surface area contributed by atoms with Gasteiger partial charge >= 0.3 is 0 Å². The first-order valence-corrected chi connectivity index (χ1v) is 9.02. The van der Waals surface area contributed by atoms with Crippen molar-refractivity contribution in [2.24, 2.45) is 10.7 Å². The Morgan fingerprint density at radius 1 is 0.963 bits per heavy atom. The highest BCUT2D eigenvalue weighted by atomic mass is 32.2. The maximum Gasteiger partial charge on any atom is 0.187 e. The third kappa shape index (κ3) is 2.91. The first-order chi connectivity index (χ1) is 13.2. The van der Waals surface area contributed by atoms with Gasteiger partial charge in [0.05, 0.1) is 34.9 Å². The highest BCUT2D eigenvalue weighted by Gasteiger charge is 2.40. The number of benzene rings is 2. The first kappa shape index (κ1) is 16.8. The molecule has 0 bridgehead atoms. The number of hydrazine groups is 1.